The van der Waals surface area contributed by atoms with E-state index >= 15 is 0 Å². The Morgan fingerprint density at radius 1 is 1.09 bits per heavy atom. The maximum absolute atomic E-state index is 12.9. The van der Waals surface area contributed by atoms with Crippen LogP contribution in [0.5, 0.6) is 0 Å². The molecule has 0 radical (unpaired) electrons. The zero-order valence-electron chi connectivity index (χ0n) is 18.3. The van der Waals surface area contributed by atoms with E-state index in [-0.39, 0.29) is 18.2 Å². The number of allylic oxidation sites excluding steroid dienone is 2. The number of pyridine rings is 1. The average molecular weight is 454 g/mol. The van der Waals surface area contributed by atoms with E-state index < -0.39 is 11.9 Å². The van der Waals surface area contributed by atoms with Crippen molar-refractivity contribution in [1.29, 1.82) is 0 Å². The second-order valence-corrected chi connectivity index (χ2v) is 9.05. The minimum Gasteiger partial charge on any atom is -0.508 e. The first-order valence-corrected chi connectivity index (χ1v) is 11.2. The van der Waals surface area contributed by atoms with E-state index in [1.165, 1.54) is 0 Å². The number of piperidine rings is 1. The van der Waals surface area contributed by atoms with Crippen LogP contribution in [0.1, 0.15) is 34.3 Å². The summed E-state index contributed by atoms with van der Waals surface area (Å²) < 4.78 is 0. The van der Waals surface area contributed by atoms with Crippen LogP contribution in [0.2, 0.25) is 0 Å². The fourth-order valence-electron chi connectivity index (χ4n) is 5.07. The summed E-state index contributed by atoms with van der Waals surface area (Å²) >= 11 is 0. The first-order valence-electron chi connectivity index (χ1n) is 11.2. The van der Waals surface area contributed by atoms with Gasteiger partial charge in [-0.15, -0.1) is 0 Å². The van der Waals surface area contributed by atoms with Crippen LogP contribution in [0.15, 0.2) is 71.8 Å². The highest BCUT2D eigenvalue weighted by Crippen LogP contribution is 2.32. The molecule has 0 saturated carbocycles. The first-order chi connectivity index (χ1) is 16.4. The van der Waals surface area contributed by atoms with Crippen molar-refractivity contribution in [2.24, 2.45) is 0 Å². The predicted molar refractivity (Wildman–Crippen MR) is 123 cm³/mol. The Morgan fingerprint density at radius 3 is 2.79 bits per heavy atom. The third kappa shape index (κ3) is 3.48. The van der Waals surface area contributed by atoms with Crippen molar-refractivity contribution in [3.05, 3.63) is 88.5 Å². The van der Waals surface area contributed by atoms with E-state index in [0.29, 0.717) is 24.3 Å². The van der Waals surface area contributed by atoms with Gasteiger partial charge in [-0.25, -0.2) is 0 Å². The zero-order chi connectivity index (χ0) is 23.4. The summed E-state index contributed by atoms with van der Waals surface area (Å²) in [5.41, 5.74) is 6.45. The van der Waals surface area contributed by atoms with Crippen LogP contribution < -0.4 is 5.32 Å². The Bertz CT molecular complexity index is 1360. The fourth-order valence-corrected chi connectivity index (χ4v) is 5.07. The molecule has 3 aliphatic heterocycles. The van der Waals surface area contributed by atoms with Crippen molar-refractivity contribution in [1.82, 2.24) is 20.1 Å². The quantitative estimate of drug-likeness (QED) is 0.689. The Labute approximate surface area is 195 Å². The molecule has 0 bridgehead atoms. The van der Waals surface area contributed by atoms with Gasteiger partial charge < -0.3 is 14.9 Å². The van der Waals surface area contributed by atoms with Crippen LogP contribution in [0.3, 0.4) is 0 Å². The molecule has 0 spiro atoms. The Balaban J connectivity index is 1.21. The Hall–Kier alpha value is -4.20. The minimum atomic E-state index is -0.622. The van der Waals surface area contributed by atoms with Crippen LogP contribution in [0, 0.1) is 0 Å². The number of aromatic nitrogens is 1. The fraction of sp³-hybridized carbons (Fsp3) is 0.231. The first kappa shape index (κ1) is 20.4. The predicted octanol–water partition coefficient (Wildman–Crippen LogP) is 2.59. The second kappa shape index (κ2) is 7.69. The minimum absolute atomic E-state index is 0.181. The van der Waals surface area contributed by atoms with Crippen LogP contribution >= 0.6 is 0 Å². The molecule has 2 N–H and O–H groups in total. The molecule has 4 aliphatic rings. The summed E-state index contributed by atoms with van der Waals surface area (Å²) in [7, 11) is 0. The monoisotopic (exact) mass is 454 g/mol. The normalized spacial score (nSPS) is 21.2. The van der Waals surface area contributed by atoms with E-state index in [4.69, 9.17) is 0 Å². The number of rotatable bonds is 4. The lowest BCUT2D eigenvalue weighted by molar-refractivity contribution is -0.136. The summed E-state index contributed by atoms with van der Waals surface area (Å²) in [6, 6.07) is 9.06. The van der Waals surface area contributed by atoms with Crippen LogP contribution in [-0.2, 0) is 22.7 Å². The molecule has 3 amide bonds. The van der Waals surface area contributed by atoms with Crippen LogP contribution in [-0.4, -0.2) is 50.2 Å². The molecule has 1 aromatic heterocycles. The number of carbonyl (C=O) groups is 3. The van der Waals surface area contributed by atoms with Crippen molar-refractivity contribution in [2.45, 2.75) is 32.0 Å². The molecule has 8 nitrogen and oxygen atoms in total. The molecule has 34 heavy (non-hydrogen) atoms. The maximum Gasteiger partial charge on any atom is 0.255 e. The topological polar surface area (TPSA) is 103 Å². The van der Waals surface area contributed by atoms with Gasteiger partial charge in [0.15, 0.2) is 0 Å². The summed E-state index contributed by atoms with van der Waals surface area (Å²) in [6.07, 6.45) is 8.00. The Morgan fingerprint density at radius 2 is 1.97 bits per heavy atom. The molecule has 4 heterocycles. The second-order valence-electron chi connectivity index (χ2n) is 9.05. The third-order valence-electron chi connectivity index (χ3n) is 6.72. The van der Waals surface area contributed by atoms with Crippen molar-refractivity contribution < 1.29 is 19.5 Å². The number of nitrogens with one attached hydrogen (secondary N) is 1. The number of aliphatic hydroxyl groups excluding tert-OH is 1. The summed E-state index contributed by atoms with van der Waals surface area (Å²) in [4.78, 5) is 45.0. The number of hydrogen-bond donors (Lipinski definition) is 2. The number of carbonyl (C=O) groups excluding carboxylic acids is 3. The molecule has 1 saturated heterocycles. The van der Waals surface area contributed by atoms with Gasteiger partial charge in [-0.3, -0.25) is 24.7 Å². The van der Waals surface area contributed by atoms with E-state index in [2.05, 4.69) is 21.4 Å². The number of aliphatic hydroxyl groups is 1. The van der Waals surface area contributed by atoms with E-state index in [1.54, 1.807) is 29.3 Å². The summed E-state index contributed by atoms with van der Waals surface area (Å²) in [6.45, 7) is 1.81. The molecular weight excluding hydrogens is 432 g/mol. The van der Waals surface area contributed by atoms with Gasteiger partial charge in [-0.05, 0) is 65.1 Å². The van der Waals surface area contributed by atoms with Gasteiger partial charge in [0.25, 0.3) is 5.91 Å². The van der Waals surface area contributed by atoms with Gasteiger partial charge in [0.1, 0.15) is 11.8 Å². The van der Waals surface area contributed by atoms with Gasteiger partial charge in [-0.1, -0.05) is 6.07 Å². The number of amides is 3. The van der Waals surface area contributed by atoms with Gasteiger partial charge in [0.2, 0.25) is 11.8 Å². The molecule has 1 fully saturated rings. The van der Waals surface area contributed by atoms with Crippen molar-refractivity contribution >= 4 is 17.7 Å². The lowest BCUT2D eigenvalue weighted by Gasteiger charge is -2.29. The largest absolute Gasteiger partial charge is 0.508 e. The lowest BCUT2D eigenvalue weighted by atomic mass is 10.0. The third-order valence-corrected chi connectivity index (χ3v) is 6.72. The summed E-state index contributed by atoms with van der Waals surface area (Å²) in [5.74, 6) is -0.578. The molecule has 1 aromatic carbocycles. The average Bonchev–Trinajstić information content (AvgIpc) is 3.44. The highest BCUT2D eigenvalue weighted by Gasteiger charge is 2.39. The Kier molecular flexibility index (Phi) is 4.62. The molecule has 2 aromatic rings. The molecule has 170 valence electrons. The van der Waals surface area contributed by atoms with Gasteiger partial charge in [0.05, 0.1) is 5.69 Å². The van der Waals surface area contributed by atoms with Crippen molar-refractivity contribution in [2.75, 3.05) is 6.54 Å². The van der Waals surface area contributed by atoms with Gasteiger partial charge >= 0.3 is 0 Å². The van der Waals surface area contributed by atoms with Crippen molar-refractivity contribution in [3.63, 3.8) is 0 Å². The SMILES string of the molecule is O=C1CC[C@H](N2Cc3cc(-c4cc(CN5C=C6C=C(O)C=C6C5)ccn4)ccc3C2=O)C(=O)N1. The molecule has 8 heteroatoms. The standard InChI is InChI=1S/C26H22N4O4/c31-20-9-17-12-29(13-18(17)10-20)11-15-5-6-27-22(7-15)16-1-2-21-19(8-16)14-30(26(21)34)23-3-4-24(32)28-25(23)33/h1-2,5-10,12,23,31H,3-4,11,13-14H2,(H,28,32,33)/t23-/m0/s1. The number of hydrogen-bond acceptors (Lipinski definition) is 6. The number of imide groups is 1. The smallest absolute Gasteiger partial charge is 0.255 e. The molecule has 1 atom stereocenters. The van der Waals surface area contributed by atoms with E-state index in [0.717, 1.165) is 46.6 Å². The van der Waals surface area contributed by atoms with Gasteiger partial charge in [-0.2, -0.15) is 0 Å². The highest BCUT2D eigenvalue weighted by molar-refractivity contribution is 6.05. The number of benzene rings is 1. The van der Waals surface area contributed by atoms with Crippen LogP contribution in [0.25, 0.3) is 11.3 Å². The van der Waals surface area contributed by atoms with E-state index in [1.807, 2.05) is 24.3 Å². The summed E-state index contributed by atoms with van der Waals surface area (Å²) in [5, 5.41) is 12.0. The number of nitrogens with zero attached hydrogens (tertiary/aromatic N) is 3. The molecule has 6 rings (SSSR count). The molecule has 1 aliphatic carbocycles. The molecule has 0 unspecified atom stereocenters. The van der Waals surface area contributed by atoms with Crippen molar-refractivity contribution in [3.8, 4) is 11.3 Å². The zero-order valence-corrected chi connectivity index (χ0v) is 18.3. The van der Waals surface area contributed by atoms with Gasteiger partial charge in [0, 0.05) is 49.6 Å². The molecular formula is C26H22N4O4. The van der Waals surface area contributed by atoms with E-state index in [9.17, 15) is 19.5 Å². The van der Waals surface area contributed by atoms with Crippen LogP contribution in [0.4, 0.5) is 0 Å². The lowest BCUT2D eigenvalue weighted by Crippen LogP contribution is -2.52. The highest BCUT2D eigenvalue weighted by atomic mass is 16.3. The maximum atomic E-state index is 12.9. The number of fused-ring (bicyclic) bond motifs is 2.